The summed E-state index contributed by atoms with van der Waals surface area (Å²) >= 11 is 3.39. The second-order valence-corrected chi connectivity index (χ2v) is 6.86. The lowest BCUT2D eigenvalue weighted by Crippen LogP contribution is -2.13. The average molecular weight is 356 g/mol. The van der Waals surface area contributed by atoms with E-state index in [2.05, 4.69) is 28.2 Å². The number of hydrogen-bond donors (Lipinski definition) is 1. The minimum atomic E-state index is -1.08. The molecule has 0 aliphatic rings. The Hall–Kier alpha value is -0.910. The molecular weight excluding hydrogens is 338 g/mol. The molecule has 1 atom stereocenters. The largest absolute Gasteiger partial charge is 0.464 e. The normalized spacial score (nSPS) is 12.5. The molecule has 1 unspecified atom stereocenters. The molecule has 3 nitrogen and oxygen atoms in total. The van der Waals surface area contributed by atoms with Crippen molar-refractivity contribution in [3.8, 4) is 0 Å². The van der Waals surface area contributed by atoms with Gasteiger partial charge in [-0.2, -0.15) is 0 Å². The van der Waals surface area contributed by atoms with Gasteiger partial charge < -0.3 is 9.73 Å². The summed E-state index contributed by atoms with van der Waals surface area (Å²) in [6, 6.07) is 11.4. The second kappa shape index (κ2) is 7.76. The lowest BCUT2D eigenvalue weighted by atomic mass is 10.4. The molecule has 5 heteroatoms. The highest BCUT2D eigenvalue weighted by atomic mass is 79.9. The fourth-order valence-electron chi connectivity index (χ4n) is 1.80. The van der Waals surface area contributed by atoms with Gasteiger partial charge in [-0.15, -0.1) is 0 Å². The van der Waals surface area contributed by atoms with E-state index in [1.54, 1.807) is 0 Å². The van der Waals surface area contributed by atoms with Gasteiger partial charge in [0.1, 0.15) is 11.5 Å². The van der Waals surface area contributed by atoms with Gasteiger partial charge in [0, 0.05) is 9.37 Å². The van der Waals surface area contributed by atoms with Crippen molar-refractivity contribution in [2.24, 2.45) is 0 Å². The highest BCUT2D eigenvalue weighted by molar-refractivity contribution is 9.10. The molecule has 0 saturated carbocycles. The molecule has 1 N–H and O–H groups in total. The Balaban J connectivity index is 1.94. The number of benzene rings is 1. The standard InChI is InChI=1S/C15H18BrNO2S/c1-2-8-17-10-13-6-7-14(19-13)11-20(18)15-5-3-4-12(16)9-15/h3-7,9,17H,2,8,10-11H2,1H3. The summed E-state index contributed by atoms with van der Waals surface area (Å²) in [6.07, 6.45) is 1.10. The summed E-state index contributed by atoms with van der Waals surface area (Å²) in [5, 5.41) is 3.28. The van der Waals surface area contributed by atoms with E-state index in [-0.39, 0.29) is 0 Å². The minimum absolute atomic E-state index is 0.407. The van der Waals surface area contributed by atoms with Crippen molar-refractivity contribution < 1.29 is 8.63 Å². The Bertz CT molecular complexity index is 583. The number of furan rings is 1. The van der Waals surface area contributed by atoms with Gasteiger partial charge in [0.15, 0.2) is 0 Å². The van der Waals surface area contributed by atoms with Crippen LogP contribution in [0.5, 0.6) is 0 Å². The van der Waals surface area contributed by atoms with Gasteiger partial charge in [-0.3, -0.25) is 4.21 Å². The first-order chi connectivity index (χ1) is 9.69. The molecule has 20 heavy (non-hydrogen) atoms. The highest BCUT2D eigenvalue weighted by Crippen LogP contribution is 2.18. The predicted octanol–water partition coefficient (Wildman–Crippen LogP) is 3.85. The number of hydrogen-bond acceptors (Lipinski definition) is 3. The molecule has 108 valence electrons. The van der Waals surface area contributed by atoms with Gasteiger partial charge in [0.05, 0.1) is 23.1 Å². The van der Waals surface area contributed by atoms with Crippen LogP contribution in [-0.2, 0) is 23.1 Å². The number of halogens is 1. The van der Waals surface area contributed by atoms with Gasteiger partial charge in [-0.1, -0.05) is 28.9 Å². The van der Waals surface area contributed by atoms with Crippen LogP contribution >= 0.6 is 15.9 Å². The van der Waals surface area contributed by atoms with Crippen molar-refractivity contribution in [2.45, 2.75) is 30.5 Å². The van der Waals surface area contributed by atoms with Crippen molar-refractivity contribution >= 4 is 26.7 Å². The lowest BCUT2D eigenvalue weighted by molar-refractivity contribution is 0.458. The summed E-state index contributed by atoms with van der Waals surface area (Å²) in [5.41, 5.74) is 0. The predicted molar refractivity (Wildman–Crippen MR) is 85.0 cm³/mol. The monoisotopic (exact) mass is 355 g/mol. The third kappa shape index (κ3) is 4.58. The molecule has 0 fully saturated rings. The molecule has 0 bridgehead atoms. The number of nitrogens with one attached hydrogen (secondary N) is 1. The number of rotatable bonds is 7. The third-order valence-electron chi connectivity index (χ3n) is 2.78. The summed E-state index contributed by atoms with van der Waals surface area (Å²) in [4.78, 5) is 0.807. The van der Waals surface area contributed by atoms with Crippen molar-refractivity contribution in [3.63, 3.8) is 0 Å². The van der Waals surface area contributed by atoms with Gasteiger partial charge in [-0.25, -0.2) is 0 Å². The molecule has 0 spiro atoms. The zero-order valence-electron chi connectivity index (χ0n) is 11.4. The SMILES string of the molecule is CCCNCc1ccc(CS(=O)c2cccc(Br)c2)o1. The van der Waals surface area contributed by atoms with E-state index < -0.39 is 10.8 Å². The quantitative estimate of drug-likeness (QED) is 0.767. The summed E-state index contributed by atoms with van der Waals surface area (Å²) in [5.74, 6) is 2.06. The molecule has 2 rings (SSSR count). The maximum Gasteiger partial charge on any atom is 0.118 e. The lowest BCUT2D eigenvalue weighted by Gasteiger charge is -2.02. The van der Waals surface area contributed by atoms with Crippen LogP contribution in [0.3, 0.4) is 0 Å². The van der Waals surface area contributed by atoms with E-state index in [9.17, 15) is 4.21 Å². The summed E-state index contributed by atoms with van der Waals surface area (Å²) < 4.78 is 18.9. The van der Waals surface area contributed by atoms with Gasteiger partial charge in [0.2, 0.25) is 0 Å². The van der Waals surface area contributed by atoms with Crippen molar-refractivity contribution in [3.05, 3.63) is 52.4 Å². The Kier molecular flexibility index (Phi) is 6.01. The van der Waals surface area contributed by atoms with Crippen LogP contribution < -0.4 is 5.32 Å². The van der Waals surface area contributed by atoms with Crippen molar-refractivity contribution in [1.29, 1.82) is 0 Å². The van der Waals surface area contributed by atoms with E-state index in [0.29, 0.717) is 5.75 Å². The Morgan fingerprint density at radius 2 is 2.05 bits per heavy atom. The van der Waals surface area contributed by atoms with Gasteiger partial charge in [0.25, 0.3) is 0 Å². The molecule has 0 amide bonds. The Morgan fingerprint density at radius 1 is 1.25 bits per heavy atom. The van der Waals surface area contributed by atoms with Crippen LogP contribution in [0, 0.1) is 0 Å². The average Bonchev–Trinajstić information content (AvgIpc) is 2.86. The van der Waals surface area contributed by atoms with Gasteiger partial charge in [-0.05, 0) is 43.3 Å². The summed E-state index contributed by atoms with van der Waals surface area (Å²) in [7, 11) is -1.08. The fourth-order valence-corrected chi connectivity index (χ4v) is 3.42. The van der Waals surface area contributed by atoms with E-state index in [1.807, 2.05) is 36.4 Å². The molecule has 0 aliphatic heterocycles. The van der Waals surface area contributed by atoms with Gasteiger partial charge >= 0.3 is 0 Å². The molecule has 0 saturated heterocycles. The van der Waals surface area contributed by atoms with Crippen LogP contribution in [0.1, 0.15) is 24.9 Å². The fraction of sp³-hybridized carbons (Fsp3) is 0.333. The van der Waals surface area contributed by atoms with E-state index in [0.717, 1.165) is 40.4 Å². The maximum atomic E-state index is 12.3. The zero-order chi connectivity index (χ0) is 14.4. The molecule has 0 aliphatic carbocycles. The van der Waals surface area contributed by atoms with Crippen LogP contribution in [0.25, 0.3) is 0 Å². The van der Waals surface area contributed by atoms with Crippen molar-refractivity contribution in [2.75, 3.05) is 6.54 Å². The topological polar surface area (TPSA) is 42.2 Å². The Morgan fingerprint density at radius 3 is 2.80 bits per heavy atom. The first-order valence-corrected chi connectivity index (χ1v) is 8.72. The second-order valence-electron chi connectivity index (χ2n) is 4.49. The molecule has 1 aromatic heterocycles. The third-order valence-corrected chi connectivity index (χ3v) is 4.60. The molecule has 2 aromatic rings. The minimum Gasteiger partial charge on any atom is -0.464 e. The van der Waals surface area contributed by atoms with E-state index >= 15 is 0 Å². The molecule has 1 heterocycles. The van der Waals surface area contributed by atoms with Crippen LogP contribution in [-0.4, -0.2) is 10.8 Å². The molecule has 1 aromatic carbocycles. The smallest absolute Gasteiger partial charge is 0.118 e. The zero-order valence-corrected chi connectivity index (χ0v) is 13.8. The van der Waals surface area contributed by atoms with E-state index in [1.165, 1.54) is 0 Å². The van der Waals surface area contributed by atoms with E-state index in [4.69, 9.17) is 4.42 Å². The molecular formula is C15H18BrNO2S. The first kappa shape index (κ1) is 15.5. The maximum absolute atomic E-state index is 12.3. The van der Waals surface area contributed by atoms with Crippen LogP contribution in [0.2, 0.25) is 0 Å². The Labute approximate surface area is 130 Å². The summed E-state index contributed by atoms with van der Waals surface area (Å²) in [6.45, 7) is 3.82. The molecule has 0 radical (unpaired) electrons. The van der Waals surface area contributed by atoms with Crippen molar-refractivity contribution in [1.82, 2.24) is 5.32 Å². The highest BCUT2D eigenvalue weighted by Gasteiger charge is 2.09. The van der Waals surface area contributed by atoms with Crippen LogP contribution in [0.15, 0.2) is 50.2 Å². The van der Waals surface area contributed by atoms with Crippen LogP contribution in [0.4, 0.5) is 0 Å². The first-order valence-electron chi connectivity index (χ1n) is 6.61.